The molecule has 23 heavy (non-hydrogen) atoms. The van der Waals surface area contributed by atoms with Crippen LogP contribution in [-0.2, 0) is 11.3 Å². The Morgan fingerprint density at radius 1 is 0.957 bits per heavy atom. The quantitative estimate of drug-likeness (QED) is 0.391. The summed E-state index contributed by atoms with van der Waals surface area (Å²) in [6, 6.07) is 11.3. The predicted molar refractivity (Wildman–Crippen MR) is 83.5 cm³/mol. The van der Waals surface area contributed by atoms with Gasteiger partial charge in [-0.25, -0.2) is 0 Å². The van der Waals surface area contributed by atoms with Crippen molar-refractivity contribution in [3.63, 3.8) is 0 Å². The molecule has 2 aromatic rings. The lowest BCUT2D eigenvalue weighted by molar-refractivity contribution is -0.114. The second kappa shape index (κ2) is 5.84. The van der Waals surface area contributed by atoms with Crippen LogP contribution in [0.5, 0.6) is 11.5 Å². The SMILES string of the molecule is O=C1NC(=O)c2ccccc2/C1=C/NCc1ccc(O)c(O)c1. The Kier molecular flexibility index (Phi) is 3.72. The van der Waals surface area contributed by atoms with Crippen LogP contribution in [0.25, 0.3) is 5.57 Å². The molecule has 1 aliphatic heterocycles. The van der Waals surface area contributed by atoms with Crippen LogP contribution in [-0.4, -0.2) is 22.0 Å². The lowest BCUT2D eigenvalue weighted by atomic mass is 9.96. The monoisotopic (exact) mass is 310 g/mol. The highest BCUT2D eigenvalue weighted by Gasteiger charge is 2.26. The van der Waals surface area contributed by atoms with Crippen LogP contribution < -0.4 is 10.6 Å². The molecule has 116 valence electrons. The van der Waals surface area contributed by atoms with Gasteiger partial charge in [0.25, 0.3) is 11.8 Å². The van der Waals surface area contributed by atoms with Crippen molar-refractivity contribution in [2.75, 3.05) is 0 Å². The molecule has 0 bridgehead atoms. The van der Waals surface area contributed by atoms with E-state index in [9.17, 15) is 19.8 Å². The van der Waals surface area contributed by atoms with E-state index in [4.69, 9.17) is 0 Å². The zero-order valence-corrected chi connectivity index (χ0v) is 12.0. The van der Waals surface area contributed by atoms with Gasteiger partial charge in [0, 0.05) is 23.9 Å². The second-order valence-corrected chi connectivity index (χ2v) is 5.09. The molecule has 0 saturated heterocycles. The summed E-state index contributed by atoms with van der Waals surface area (Å²) >= 11 is 0. The molecule has 0 aromatic heterocycles. The fourth-order valence-electron chi connectivity index (χ4n) is 2.37. The van der Waals surface area contributed by atoms with Crippen LogP contribution in [0.2, 0.25) is 0 Å². The minimum atomic E-state index is -0.463. The highest BCUT2D eigenvalue weighted by molar-refractivity contribution is 6.30. The molecule has 0 saturated carbocycles. The molecule has 0 atom stereocenters. The van der Waals surface area contributed by atoms with Gasteiger partial charge in [0.05, 0.1) is 5.57 Å². The fourth-order valence-corrected chi connectivity index (χ4v) is 2.37. The van der Waals surface area contributed by atoms with Crippen molar-refractivity contribution >= 4 is 17.4 Å². The lowest BCUT2D eigenvalue weighted by Gasteiger charge is -2.18. The second-order valence-electron chi connectivity index (χ2n) is 5.09. The Morgan fingerprint density at radius 3 is 2.43 bits per heavy atom. The van der Waals surface area contributed by atoms with E-state index in [1.807, 2.05) is 0 Å². The van der Waals surface area contributed by atoms with Gasteiger partial charge in [-0.15, -0.1) is 0 Å². The average Bonchev–Trinajstić information content (AvgIpc) is 2.54. The minimum absolute atomic E-state index is 0.189. The molecule has 4 N–H and O–H groups in total. The number of imide groups is 1. The maximum atomic E-state index is 12.0. The van der Waals surface area contributed by atoms with Gasteiger partial charge in [-0.05, 0) is 23.8 Å². The summed E-state index contributed by atoms with van der Waals surface area (Å²) in [6.07, 6.45) is 1.53. The molecule has 1 heterocycles. The molecular formula is C17H14N2O4. The molecule has 2 amide bonds. The average molecular weight is 310 g/mol. The smallest absolute Gasteiger partial charge is 0.260 e. The number of phenolic OH excluding ortho intramolecular Hbond substituents is 2. The van der Waals surface area contributed by atoms with Crippen molar-refractivity contribution in [3.05, 3.63) is 65.4 Å². The van der Waals surface area contributed by atoms with Crippen LogP contribution >= 0.6 is 0 Å². The van der Waals surface area contributed by atoms with Crippen molar-refractivity contribution in [1.82, 2.24) is 10.6 Å². The number of fused-ring (bicyclic) bond motifs is 1. The highest BCUT2D eigenvalue weighted by atomic mass is 16.3. The number of amides is 2. The molecule has 1 aliphatic rings. The molecule has 0 aliphatic carbocycles. The largest absolute Gasteiger partial charge is 0.504 e. The first-order valence-corrected chi connectivity index (χ1v) is 6.96. The number of benzene rings is 2. The summed E-state index contributed by atoms with van der Waals surface area (Å²) in [4.78, 5) is 23.8. The van der Waals surface area contributed by atoms with Crippen LogP contribution in [0.15, 0.2) is 48.7 Å². The first-order chi connectivity index (χ1) is 11.1. The number of nitrogens with one attached hydrogen (secondary N) is 2. The number of hydrogen-bond donors (Lipinski definition) is 4. The third kappa shape index (κ3) is 2.87. The summed E-state index contributed by atoms with van der Waals surface area (Å²) in [5.74, 6) is -1.27. The Balaban J connectivity index is 1.82. The van der Waals surface area contributed by atoms with E-state index in [0.717, 1.165) is 5.56 Å². The van der Waals surface area contributed by atoms with Crippen LogP contribution in [0.1, 0.15) is 21.5 Å². The van der Waals surface area contributed by atoms with Gasteiger partial charge in [0.15, 0.2) is 11.5 Å². The molecule has 0 fully saturated rings. The van der Waals surface area contributed by atoms with Crippen LogP contribution in [0.4, 0.5) is 0 Å². The van der Waals surface area contributed by atoms with E-state index >= 15 is 0 Å². The van der Waals surface area contributed by atoms with E-state index < -0.39 is 11.8 Å². The van der Waals surface area contributed by atoms with Gasteiger partial charge in [-0.2, -0.15) is 0 Å². The number of phenols is 2. The molecule has 3 rings (SSSR count). The van der Waals surface area contributed by atoms with Crippen molar-refractivity contribution in [2.45, 2.75) is 6.54 Å². The molecule has 0 spiro atoms. The van der Waals surface area contributed by atoms with E-state index in [1.54, 1.807) is 30.3 Å². The third-order valence-corrected chi connectivity index (χ3v) is 3.53. The van der Waals surface area contributed by atoms with E-state index in [1.165, 1.54) is 18.3 Å². The zero-order chi connectivity index (χ0) is 16.4. The molecular weight excluding hydrogens is 296 g/mol. The Labute approximate surface area is 132 Å². The first kappa shape index (κ1) is 14.6. The highest BCUT2D eigenvalue weighted by Crippen LogP contribution is 2.25. The van der Waals surface area contributed by atoms with Gasteiger partial charge in [-0.1, -0.05) is 24.3 Å². The Morgan fingerprint density at radius 2 is 1.70 bits per heavy atom. The normalized spacial score (nSPS) is 15.2. The van der Waals surface area contributed by atoms with E-state index in [2.05, 4.69) is 10.6 Å². The Hall–Kier alpha value is -3.28. The predicted octanol–water partition coefficient (Wildman–Crippen LogP) is 1.50. The van der Waals surface area contributed by atoms with E-state index in [-0.39, 0.29) is 11.5 Å². The number of aromatic hydroxyl groups is 2. The topological polar surface area (TPSA) is 98.7 Å². The number of rotatable bonds is 3. The van der Waals surface area contributed by atoms with Crippen LogP contribution in [0.3, 0.4) is 0 Å². The number of hydrogen-bond acceptors (Lipinski definition) is 5. The molecule has 6 heteroatoms. The standard InChI is InChI=1S/C17H14N2O4/c20-14-6-5-10(7-15(14)21)8-18-9-13-11-3-1-2-4-12(11)16(22)19-17(13)23/h1-7,9,18,20-21H,8H2,(H,19,22,23)/b13-9-. The van der Waals surface area contributed by atoms with Crippen molar-refractivity contribution in [2.24, 2.45) is 0 Å². The van der Waals surface area contributed by atoms with Crippen molar-refractivity contribution in [1.29, 1.82) is 0 Å². The summed E-state index contributed by atoms with van der Waals surface area (Å²) in [7, 11) is 0. The summed E-state index contributed by atoms with van der Waals surface area (Å²) in [5.41, 5.74) is 2.12. The van der Waals surface area contributed by atoms with E-state index in [0.29, 0.717) is 23.2 Å². The minimum Gasteiger partial charge on any atom is -0.504 e. The van der Waals surface area contributed by atoms with Crippen molar-refractivity contribution < 1.29 is 19.8 Å². The third-order valence-electron chi connectivity index (χ3n) is 3.53. The molecule has 0 unspecified atom stereocenters. The van der Waals surface area contributed by atoms with Gasteiger partial charge in [-0.3, -0.25) is 14.9 Å². The number of carbonyl (C=O) groups excluding carboxylic acids is 2. The summed E-state index contributed by atoms with van der Waals surface area (Å²) in [6.45, 7) is 0.348. The van der Waals surface area contributed by atoms with Gasteiger partial charge >= 0.3 is 0 Å². The fraction of sp³-hybridized carbons (Fsp3) is 0.0588. The molecule has 6 nitrogen and oxygen atoms in total. The first-order valence-electron chi connectivity index (χ1n) is 6.96. The Bertz CT molecular complexity index is 827. The zero-order valence-electron chi connectivity index (χ0n) is 12.0. The van der Waals surface area contributed by atoms with Gasteiger partial charge < -0.3 is 15.5 Å². The summed E-state index contributed by atoms with van der Waals surface area (Å²) < 4.78 is 0. The molecule has 2 aromatic carbocycles. The van der Waals surface area contributed by atoms with Crippen molar-refractivity contribution in [3.8, 4) is 11.5 Å². The van der Waals surface area contributed by atoms with Crippen LogP contribution in [0, 0.1) is 0 Å². The summed E-state index contributed by atoms with van der Waals surface area (Å²) in [5, 5.41) is 24.0. The maximum absolute atomic E-state index is 12.0. The molecule has 0 radical (unpaired) electrons. The lowest BCUT2D eigenvalue weighted by Crippen LogP contribution is -2.36. The number of carbonyl (C=O) groups is 2. The van der Waals surface area contributed by atoms with Gasteiger partial charge in [0.2, 0.25) is 0 Å². The maximum Gasteiger partial charge on any atom is 0.260 e. The van der Waals surface area contributed by atoms with Gasteiger partial charge in [0.1, 0.15) is 0 Å².